The van der Waals surface area contributed by atoms with Gasteiger partial charge in [0.25, 0.3) is 0 Å². The van der Waals surface area contributed by atoms with Gasteiger partial charge in [-0.15, -0.1) is 0 Å². The lowest BCUT2D eigenvalue weighted by atomic mass is 10.0. The van der Waals surface area contributed by atoms with Gasteiger partial charge < -0.3 is 0 Å². The Morgan fingerprint density at radius 1 is 0.750 bits per heavy atom. The van der Waals surface area contributed by atoms with Crippen LogP contribution in [0.25, 0.3) is 0 Å². The Morgan fingerprint density at radius 3 is 1.50 bits per heavy atom. The second kappa shape index (κ2) is 6.84. The molecule has 4 heteroatoms. The van der Waals surface area contributed by atoms with Crippen molar-refractivity contribution in [2.24, 2.45) is 0 Å². The molecule has 0 aliphatic carbocycles. The van der Waals surface area contributed by atoms with Gasteiger partial charge in [-0.1, -0.05) is 60.7 Å². The molecule has 0 radical (unpaired) electrons. The number of halogens is 3. The Bertz CT molecular complexity index is 467. The smallest absolute Gasteiger partial charge is 0.160 e. The van der Waals surface area contributed by atoms with Gasteiger partial charge in [-0.25, -0.2) is 0 Å². The first-order valence-corrected chi connectivity index (χ1v) is 7.23. The van der Waals surface area contributed by atoms with Crippen LogP contribution in [0.15, 0.2) is 60.7 Å². The van der Waals surface area contributed by atoms with E-state index < -0.39 is 10.8 Å². The summed E-state index contributed by atoms with van der Waals surface area (Å²) >= 11 is 0.0915. The van der Waals surface area contributed by atoms with E-state index in [4.69, 9.17) is 0 Å². The summed E-state index contributed by atoms with van der Waals surface area (Å²) in [6.07, 6.45) is 0.833. The van der Waals surface area contributed by atoms with Crippen molar-refractivity contribution in [2.75, 3.05) is 0 Å². The van der Waals surface area contributed by atoms with Gasteiger partial charge in [0.2, 0.25) is 0 Å². The highest BCUT2D eigenvalue weighted by molar-refractivity contribution is 8.00. The van der Waals surface area contributed by atoms with Crippen LogP contribution >= 0.6 is 11.8 Å². The van der Waals surface area contributed by atoms with Gasteiger partial charge in [-0.05, 0) is 35.7 Å². The predicted molar refractivity (Wildman–Crippen MR) is 77.7 cm³/mol. The molecular weight excluding hydrogens is 281 g/mol. The largest absolute Gasteiger partial charge is 0.442 e. The molecule has 106 valence electrons. The van der Waals surface area contributed by atoms with E-state index in [1.807, 2.05) is 60.7 Å². The van der Waals surface area contributed by atoms with Gasteiger partial charge >= 0.3 is 5.51 Å². The van der Waals surface area contributed by atoms with E-state index in [-0.39, 0.29) is 11.8 Å². The average molecular weight is 296 g/mol. The maximum absolute atomic E-state index is 12.7. The van der Waals surface area contributed by atoms with Crippen LogP contribution in [0.2, 0.25) is 0 Å². The molecule has 0 heterocycles. The van der Waals surface area contributed by atoms with Crippen molar-refractivity contribution in [1.29, 1.82) is 0 Å². The number of hydrogen-bond acceptors (Lipinski definition) is 1. The Balaban J connectivity index is 2.08. The summed E-state index contributed by atoms with van der Waals surface area (Å²) in [5.41, 5.74) is -2.33. The molecule has 0 fully saturated rings. The third-order valence-electron chi connectivity index (χ3n) is 2.91. The Kier molecular flexibility index (Phi) is 5.12. The van der Waals surface area contributed by atoms with Gasteiger partial charge in [-0.2, -0.15) is 13.2 Å². The minimum Gasteiger partial charge on any atom is -0.160 e. The van der Waals surface area contributed by atoms with Gasteiger partial charge in [0.15, 0.2) is 0 Å². The molecule has 0 N–H and O–H groups in total. The SMILES string of the molecule is FC(F)(F)SC(Cc1ccccc1)Cc1ccccc1. The van der Waals surface area contributed by atoms with Crippen LogP contribution in [0.3, 0.4) is 0 Å². The predicted octanol–water partition coefficient (Wildman–Crippen LogP) is 5.09. The average Bonchev–Trinajstić information content (AvgIpc) is 2.39. The number of thioether (sulfide) groups is 1. The van der Waals surface area contributed by atoms with Crippen molar-refractivity contribution in [3.63, 3.8) is 0 Å². The molecule has 0 atom stereocenters. The van der Waals surface area contributed by atoms with Crippen molar-refractivity contribution in [3.05, 3.63) is 71.8 Å². The van der Waals surface area contributed by atoms with Crippen LogP contribution in [-0.2, 0) is 12.8 Å². The summed E-state index contributed by atoms with van der Waals surface area (Å²) in [6.45, 7) is 0. The van der Waals surface area contributed by atoms with Crippen molar-refractivity contribution in [1.82, 2.24) is 0 Å². The molecule has 0 aliphatic rings. The molecule has 0 bridgehead atoms. The fourth-order valence-electron chi connectivity index (χ4n) is 2.10. The molecule has 0 nitrogen and oxygen atoms in total. The first-order chi connectivity index (χ1) is 9.53. The highest BCUT2D eigenvalue weighted by Gasteiger charge is 2.33. The topological polar surface area (TPSA) is 0 Å². The van der Waals surface area contributed by atoms with Crippen LogP contribution in [0.1, 0.15) is 11.1 Å². The lowest BCUT2D eigenvalue weighted by Crippen LogP contribution is -2.17. The van der Waals surface area contributed by atoms with E-state index in [2.05, 4.69) is 0 Å². The summed E-state index contributed by atoms with van der Waals surface area (Å²) in [4.78, 5) is 0. The maximum atomic E-state index is 12.7. The molecular formula is C16H15F3S. The summed E-state index contributed by atoms with van der Waals surface area (Å²) in [6, 6.07) is 18.6. The number of hydrogen-bond donors (Lipinski definition) is 0. The molecule has 2 rings (SSSR count). The first kappa shape index (κ1) is 15.0. The second-order valence-electron chi connectivity index (χ2n) is 4.57. The molecule has 0 saturated heterocycles. The number of rotatable bonds is 5. The fraction of sp³-hybridized carbons (Fsp3) is 0.250. The third kappa shape index (κ3) is 5.29. The van der Waals surface area contributed by atoms with Gasteiger partial charge in [0.1, 0.15) is 0 Å². The maximum Gasteiger partial charge on any atom is 0.442 e. The second-order valence-corrected chi connectivity index (χ2v) is 5.93. The van der Waals surface area contributed by atoms with Crippen molar-refractivity contribution >= 4 is 11.8 Å². The Morgan fingerprint density at radius 2 is 1.15 bits per heavy atom. The fourth-order valence-corrected chi connectivity index (χ4v) is 3.03. The van der Waals surface area contributed by atoms with Crippen LogP contribution in [0, 0.1) is 0 Å². The lowest BCUT2D eigenvalue weighted by molar-refractivity contribution is -0.0333. The van der Waals surface area contributed by atoms with Crippen LogP contribution in [0.5, 0.6) is 0 Å². The Hall–Kier alpha value is -1.42. The van der Waals surface area contributed by atoms with Gasteiger partial charge in [0, 0.05) is 5.25 Å². The first-order valence-electron chi connectivity index (χ1n) is 6.35. The molecule has 20 heavy (non-hydrogen) atoms. The van der Waals surface area contributed by atoms with Crippen molar-refractivity contribution < 1.29 is 13.2 Å². The summed E-state index contributed by atoms with van der Waals surface area (Å²) in [5, 5.41) is -0.500. The number of alkyl halides is 3. The van der Waals surface area contributed by atoms with E-state index >= 15 is 0 Å². The zero-order valence-electron chi connectivity index (χ0n) is 10.8. The van der Waals surface area contributed by atoms with Crippen LogP contribution < -0.4 is 0 Å². The molecule has 0 spiro atoms. The summed E-state index contributed by atoms with van der Waals surface area (Å²) < 4.78 is 38.0. The lowest BCUT2D eigenvalue weighted by Gasteiger charge is -2.18. The minimum absolute atomic E-state index is 0.0915. The standard InChI is InChI=1S/C16H15F3S/c17-16(18,19)20-15(11-13-7-3-1-4-8-13)12-14-9-5-2-6-10-14/h1-10,15H,11-12H2. The van der Waals surface area contributed by atoms with Crippen LogP contribution in [0.4, 0.5) is 13.2 Å². The van der Waals surface area contributed by atoms with E-state index in [0.29, 0.717) is 12.8 Å². The Labute approximate surface area is 121 Å². The van der Waals surface area contributed by atoms with Gasteiger partial charge in [-0.3, -0.25) is 0 Å². The molecule has 2 aromatic carbocycles. The van der Waals surface area contributed by atoms with E-state index in [1.54, 1.807) is 0 Å². The van der Waals surface area contributed by atoms with Crippen LogP contribution in [-0.4, -0.2) is 10.8 Å². The van der Waals surface area contributed by atoms with E-state index in [1.165, 1.54) is 0 Å². The highest BCUT2D eigenvalue weighted by Crippen LogP contribution is 2.36. The molecule has 0 unspecified atom stereocenters. The zero-order valence-corrected chi connectivity index (χ0v) is 11.6. The highest BCUT2D eigenvalue weighted by atomic mass is 32.2. The third-order valence-corrected chi connectivity index (χ3v) is 3.85. The van der Waals surface area contributed by atoms with Crippen molar-refractivity contribution in [3.8, 4) is 0 Å². The van der Waals surface area contributed by atoms with Gasteiger partial charge in [0.05, 0.1) is 0 Å². The molecule has 0 saturated carbocycles. The van der Waals surface area contributed by atoms with Crippen molar-refractivity contribution in [2.45, 2.75) is 23.6 Å². The molecule has 0 amide bonds. The molecule has 0 aliphatic heterocycles. The quantitative estimate of drug-likeness (QED) is 0.740. The van der Waals surface area contributed by atoms with E-state index in [9.17, 15) is 13.2 Å². The zero-order chi connectivity index (χ0) is 14.4. The number of benzene rings is 2. The monoisotopic (exact) mass is 296 g/mol. The molecule has 0 aromatic heterocycles. The minimum atomic E-state index is -4.20. The van der Waals surface area contributed by atoms with E-state index in [0.717, 1.165) is 11.1 Å². The normalized spacial score (nSPS) is 11.8. The molecule has 2 aromatic rings. The summed E-state index contributed by atoms with van der Waals surface area (Å²) in [7, 11) is 0. The summed E-state index contributed by atoms with van der Waals surface area (Å²) in [5.74, 6) is 0.